The third-order valence-corrected chi connectivity index (χ3v) is 11.0. The lowest BCUT2D eigenvalue weighted by molar-refractivity contribution is -0.139. The van der Waals surface area contributed by atoms with E-state index in [4.69, 9.17) is 11.5 Å². The van der Waals surface area contributed by atoms with Crippen LogP contribution >= 0.6 is 11.3 Å². The summed E-state index contributed by atoms with van der Waals surface area (Å²) in [7, 11) is 0. The minimum absolute atomic E-state index is 0.00853. The predicted octanol–water partition coefficient (Wildman–Crippen LogP) is 1.72. The molecule has 0 saturated heterocycles. The number of hydrogen-bond acceptors (Lipinski definition) is 16. The maximum atomic E-state index is 13.1. The van der Waals surface area contributed by atoms with Crippen molar-refractivity contribution in [2.75, 3.05) is 35.2 Å². The van der Waals surface area contributed by atoms with Gasteiger partial charge >= 0.3 is 5.97 Å². The summed E-state index contributed by atoms with van der Waals surface area (Å²) in [5, 5.41) is 26.5. The average molecular weight is 914 g/mol. The van der Waals surface area contributed by atoms with Crippen molar-refractivity contribution >= 4 is 92.3 Å². The molecule has 1 aliphatic rings. The number of fused-ring (bicyclic) bond motifs is 1. The van der Waals surface area contributed by atoms with Gasteiger partial charge < -0.3 is 48.5 Å². The standard InChI is InChI=1S/C42H51N13O9S/c1-22(2)33(51-29(56)9-5-4-6-19-55-31(57)16-17-32(55)58)40(62)48-23(3)37(59)52-30-15-14-28(65-30)39(61)45-18-7-8-27(41(63)64)50-38(60)24-10-12-25(13-11-24)46-20-26-21-47-36-34(49-26)35(43)53-42(44)54-36/h10-17,21-23,27,33,46H,4-9,18-20H2,1-3H3,(H,45,61)(H,48,62)(H,50,60)(H,51,56)(H,52,59)(H,63,64)(H4,43,44,47,53,54)/t23-,27-,33?/m0/s1. The van der Waals surface area contributed by atoms with Crippen molar-refractivity contribution in [3.8, 4) is 0 Å². The van der Waals surface area contributed by atoms with Gasteiger partial charge in [-0.3, -0.25) is 38.5 Å². The first-order chi connectivity index (χ1) is 31.0. The SMILES string of the molecule is CC(C)C(NC(=O)CCCCCN1C(=O)C=CC1=O)C(=O)N[C@@H](C)C(=O)Nc1ccc(C(=O)NCCC[C@H](NC(=O)c2ccc(NCc3cnc4nc(N)nc(N)c4n3)cc2)C(=O)O)s1. The van der Waals surface area contributed by atoms with Crippen LogP contribution in [0.3, 0.4) is 0 Å². The van der Waals surface area contributed by atoms with Crippen LogP contribution < -0.4 is 43.4 Å². The molecule has 7 amide bonds. The fraction of sp³-hybridized carbons (Fsp3) is 0.381. The molecule has 11 N–H and O–H groups in total. The van der Waals surface area contributed by atoms with Crippen LogP contribution in [0.25, 0.3) is 11.2 Å². The van der Waals surface area contributed by atoms with E-state index < -0.39 is 47.7 Å². The number of hydrogen-bond donors (Lipinski definition) is 9. The lowest BCUT2D eigenvalue weighted by Crippen LogP contribution is -2.53. The van der Waals surface area contributed by atoms with E-state index in [1.54, 1.807) is 26.0 Å². The normalized spacial score (nSPS) is 13.6. The summed E-state index contributed by atoms with van der Waals surface area (Å²) in [6.07, 6.45) is 5.97. The number of thiophene rings is 1. The highest BCUT2D eigenvalue weighted by Crippen LogP contribution is 2.22. The van der Waals surface area contributed by atoms with Crippen LogP contribution in [-0.2, 0) is 35.3 Å². The molecule has 4 aromatic rings. The van der Waals surface area contributed by atoms with Crippen molar-refractivity contribution in [2.24, 2.45) is 5.92 Å². The largest absolute Gasteiger partial charge is 0.480 e. The number of rotatable bonds is 23. The number of benzene rings is 1. The van der Waals surface area contributed by atoms with Crippen molar-refractivity contribution in [1.29, 1.82) is 0 Å². The van der Waals surface area contributed by atoms with Gasteiger partial charge in [-0.05, 0) is 74.9 Å². The van der Waals surface area contributed by atoms with Gasteiger partial charge in [-0.25, -0.2) is 14.8 Å². The van der Waals surface area contributed by atoms with Gasteiger partial charge in [-0.1, -0.05) is 20.3 Å². The highest BCUT2D eigenvalue weighted by molar-refractivity contribution is 7.18. The Morgan fingerprint density at radius 1 is 0.815 bits per heavy atom. The maximum Gasteiger partial charge on any atom is 0.326 e. The monoisotopic (exact) mass is 913 g/mol. The minimum atomic E-state index is -1.24. The number of carbonyl (C=O) groups excluding carboxylic acids is 7. The zero-order valence-corrected chi connectivity index (χ0v) is 36.7. The van der Waals surface area contributed by atoms with Crippen molar-refractivity contribution in [1.82, 2.24) is 46.1 Å². The molecule has 3 aromatic heterocycles. The molecule has 65 heavy (non-hydrogen) atoms. The van der Waals surface area contributed by atoms with Gasteiger partial charge in [0.2, 0.25) is 23.7 Å². The first-order valence-corrected chi connectivity index (χ1v) is 21.5. The number of carboxylic acid groups (broad SMARTS) is 1. The fourth-order valence-corrected chi connectivity index (χ4v) is 7.21. The van der Waals surface area contributed by atoms with Crippen molar-refractivity contribution in [3.05, 3.63) is 70.9 Å². The van der Waals surface area contributed by atoms with E-state index in [9.17, 15) is 43.5 Å². The molecule has 0 aliphatic carbocycles. The third-order valence-electron chi connectivity index (χ3n) is 9.96. The van der Waals surface area contributed by atoms with E-state index in [2.05, 4.69) is 51.8 Å². The second kappa shape index (κ2) is 22.7. The van der Waals surface area contributed by atoms with Crippen molar-refractivity contribution in [2.45, 2.75) is 84.0 Å². The van der Waals surface area contributed by atoms with Crippen LogP contribution in [0.5, 0.6) is 0 Å². The number of carboxylic acids is 1. The van der Waals surface area contributed by atoms with Crippen LogP contribution in [-0.4, -0.2) is 108 Å². The smallest absolute Gasteiger partial charge is 0.326 e. The average Bonchev–Trinajstić information content (AvgIpc) is 3.87. The van der Waals surface area contributed by atoms with Crippen LogP contribution in [0.2, 0.25) is 0 Å². The highest BCUT2D eigenvalue weighted by Gasteiger charge is 2.28. The topological polar surface area (TPSA) is 336 Å². The fourth-order valence-electron chi connectivity index (χ4n) is 6.38. The summed E-state index contributed by atoms with van der Waals surface area (Å²) in [6.45, 7) is 5.64. The summed E-state index contributed by atoms with van der Waals surface area (Å²) in [5.41, 5.74) is 13.5. The van der Waals surface area contributed by atoms with Gasteiger partial charge in [-0.15, -0.1) is 11.3 Å². The Kier molecular flexibility index (Phi) is 16.9. The quantitative estimate of drug-likeness (QED) is 0.0378. The van der Waals surface area contributed by atoms with Gasteiger partial charge in [0.05, 0.1) is 28.3 Å². The lowest BCUT2D eigenvalue weighted by Gasteiger charge is -2.23. The number of nitrogens with two attached hydrogens (primary N) is 2. The first kappa shape index (κ1) is 48.5. The number of amides is 7. The van der Waals surface area contributed by atoms with Gasteiger partial charge in [0.1, 0.15) is 18.1 Å². The Bertz CT molecular complexity index is 2440. The van der Waals surface area contributed by atoms with E-state index in [1.807, 2.05) is 0 Å². The van der Waals surface area contributed by atoms with Crippen molar-refractivity contribution < 1.29 is 43.5 Å². The molecule has 344 valence electrons. The number of carbonyl (C=O) groups is 8. The number of nitrogens with one attached hydrogen (secondary N) is 6. The Hall–Kier alpha value is -7.56. The third kappa shape index (κ3) is 14.0. The summed E-state index contributed by atoms with van der Waals surface area (Å²) < 4.78 is 0. The maximum absolute atomic E-state index is 13.1. The Labute approximate surface area is 376 Å². The number of aliphatic carboxylic acids is 1. The zero-order valence-electron chi connectivity index (χ0n) is 35.9. The highest BCUT2D eigenvalue weighted by atomic mass is 32.1. The summed E-state index contributed by atoms with van der Waals surface area (Å²) >= 11 is 0.995. The van der Waals surface area contributed by atoms with Gasteiger partial charge in [0.25, 0.3) is 23.6 Å². The summed E-state index contributed by atoms with van der Waals surface area (Å²) in [4.78, 5) is 118. The molecule has 1 unspecified atom stereocenters. The first-order valence-electron chi connectivity index (χ1n) is 20.7. The Morgan fingerprint density at radius 3 is 2.23 bits per heavy atom. The second-order valence-corrected chi connectivity index (χ2v) is 16.4. The molecule has 4 heterocycles. The van der Waals surface area contributed by atoms with E-state index in [0.29, 0.717) is 41.2 Å². The Morgan fingerprint density at radius 2 is 1.54 bits per heavy atom. The molecule has 3 atom stereocenters. The molecular formula is C42H51N13O9S. The number of unbranched alkanes of at least 4 members (excludes halogenated alkanes) is 2. The molecular weight excluding hydrogens is 863 g/mol. The number of nitrogens with zero attached hydrogens (tertiary/aromatic N) is 5. The Balaban J connectivity index is 0.990. The molecule has 1 aliphatic heterocycles. The van der Waals surface area contributed by atoms with Gasteiger partial charge in [0, 0.05) is 42.9 Å². The van der Waals surface area contributed by atoms with Crippen LogP contribution in [0.15, 0.2) is 54.7 Å². The molecule has 0 spiro atoms. The second-order valence-electron chi connectivity index (χ2n) is 15.3. The van der Waals surface area contributed by atoms with Gasteiger partial charge in [-0.2, -0.15) is 9.97 Å². The molecule has 0 radical (unpaired) electrons. The van der Waals surface area contributed by atoms with Crippen LogP contribution in [0, 0.1) is 5.92 Å². The van der Waals surface area contributed by atoms with Gasteiger partial charge in [0.15, 0.2) is 17.0 Å². The molecule has 0 bridgehead atoms. The molecule has 0 fully saturated rings. The lowest BCUT2D eigenvalue weighted by atomic mass is 10.0. The number of aromatic nitrogens is 4. The number of nitrogen functional groups attached to an aromatic ring is 2. The number of imide groups is 1. The molecule has 1 aromatic carbocycles. The molecule has 22 nitrogen and oxygen atoms in total. The summed E-state index contributed by atoms with van der Waals surface area (Å²) in [5.74, 6) is -4.64. The predicted molar refractivity (Wildman–Crippen MR) is 240 cm³/mol. The molecule has 23 heteroatoms. The van der Waals surface area contributed by atoms with Crippen LogP contribution in [0.4, 0.5) is 22.5 Å². The van der Waals surface area contributed by atoms with E-state index in [0.717, 1.165) is 16.2 Å². The van der Waals surface area contributed by atoms with E-state index in [1.165, 1.54) is 49.5 Å². The van der Waals surface area contributed by atoms with Crippen molar-refractivity contribution in [3.63, 3.8) is 0 Å². The molecule has 0 saturated carbocycles. The minimum Gasteiger partial charge on any atom is -0.480 e. The van der Waals surface area contributed by atoms with E-state index >= 15 is 0 Å². The van der Waals surface area contributed by atoms with Crippen LogP contribution in [0.1, 0.15) is 85.0 Å². The zero-order chi connectivity index (χ0) is 47.2. The van der Waals surface area contributed by atoms with E-state index in [-0.39, 0.29) is 90.4 Å². The molecule has 5 rings (SSSR count). The number of anilines is 4. The summed E-state index contributed by atoms with van der Waals surface area (Å²) in [6, 6.07) is 6.29.